The Morgan fingerprint density at radius 2 is 2.00 bits per heavy atom. The number of pyridine rings is 1. The van der Waals surface area contributed by atoms with Crippen molar-refractivity contribution in [3.63, 3.8) is 0 Å². The average Bonchev–Trinajstić information content (AvgIpc) is 2.46. The molecular weight excluding hydrogens is 272 g/mol. The Hall–Kier alpha value is -2.18. The van der Waals surface area contributed by atoms with E-state index in [1.165, 1.54) is 12.3 Å². The summed E-state index contributed by atoms with van der Waals surface area (Å²) < 4.78 is 0. The highest BCUT2D eigenvalue weighted by Gasteiger charge is 2.32. The average molecular weight is 292 g/mol. The van der Waals surface area contributed by atoms with E-state index >= 15 is 0 Å². The molecule has 1 aromatic rings. The van der Waals surface area contributed by atoms with Gasteiger partial charge in [-0.25, -0.2) is 4.98 Å². The molecule has 7 nitrogen and oxygen atoms in total. The monoisotopic (exact) mass is 292 g/mol. The molecule has 1 saturated heterocycles. The van der Waals surface area contributed by atoms with E-state index in [2.05, 4.69) is 9.88 Å². The summed E-state index contributed by atoms with van der Waals surface area (Å²) in [6.45, 7) is 7.26. The fraction of sp³-hybridized carbons (Fsp3) is 0.571. The number of aromatic nitrogens is 1. The predicted octanol–water partition coefficient (Wildman–Crippen LogP) is 1.83. The second-order valence-corrected chi connectivity index (χ2v) is 5.39. The van der Waals surface area contributed by atoms with E-state index < -0.39 is 4.92 Å². The first-order valence-electron chi connectivity index (χ1n) is 7.10. The van der Waals surface area contributed by atoms with Crippen LogP contribution < -0.4 is 4.90 Å². The summed E-state index contributed by atoms with van der Waals surface area (Å²) in [5, 5.41) is 10.7. The van der Waals surface area contributed by atoms with Gasteiger partial charge in [0.2, 0.25) is 5.91 Å². The van der Waals surface area contributed by atoms with E-state index in [1.807, 2.05) is 25.7 Å². The molecule has 1 fully saturated rings. The molecule has 1 aliphatic heterocycles. The minimum Gasteiger partial charge on any atom is -0.353 e. The second kappa shape index (κ2) is 6.07. The molecule has 2 rings (SSSR count). The lowest BCUT2D eigenvalue weighted by Crippen LogP contribution is -2.58. The van der Waals surface area contributed by atoms with Crippen LogP contribution in [0, 0.1) is 10.1 Å². The van der Waals surface area contributed by atoms with E-state index in [-0.39, 0.29) is 23.7 Å². The lowest BCUT2D eigenvalue weighted by atomic mass is 10.1. The minimum atomic E-state index is -0.458. The van der Waals surface area contributed by atoms with Gasteiger partial charge in [0.25, 0.3) is 5.69 Å². The zero-order valence-corrected chi connectivity index (χ0v) is 12.5. The number of carbonyl (C=O) groups excluding carboxylic acids is 1. The van der Waals surface area contributed by atoms with Crippen LogP contribution in [-0.2, 0) is 4.79 Å². The molecule has 2 atom stereocenters. The Kier molecular flexibility index (Phi) is 4.40. The first kappa shape index (κ1) is 15.2. The van der Waals surface area contributed by atoms with Gasteiger partial charge >= 0.3 is 0 Å². The molecule has 0 saturated carbocycles. The standard InChI is InChI=1S/C14H20N4O3/c1-4-14(19)17-10(2)8-16(9-11(17)3)13-6-5-12(7-15-13)18(20)21/h5-7,10-11H,4,8-9H2,1-3H3/t10-,11+. The zero-order chi connectivity index (χ0) is 15.6. The summed E-state index contributed by atoms with van der Waals surface area (Å²) in [6, 6.07) is 3.31. The summed E-state index contributed by atoms with van der Waals surface area (Å²) in [6.07, 6.45) is 1.78. The fourth-order valence-corrected chi connectivity index (χ4v) is 2.86. The van der Waals surface area contributed by atoms with E-state index in [0.29, 0.717) is 25.3 Å². The number of nitro groups is 1. The Morgan fingerprint density at radius 3 is 2.43 bits per heavy atom. The second-order valence-electron chi connectivity index (χ2n) is 5.39. The third-order valence-corrected chi connectivity index (χ3v) is 3.78. The van der Waals surface area contributed by atoms with E-state index in [9.17, 15) is 14.9 Å². The number of anilines is 1. The van der Waals surface area contributed by atoms with Gasteiger partial charge in [0.15, 0.2) is 0 Å². The summed E-state index contributed by atoms with van der Waals surface area (Å²) in [7, 11) is 0. The van der Waals surface area contributed by atoms with Gasteiger partial charge in [-0.1, -0.05) is 6.92 Å². The number of hydrogen-bond acceptors (Lipinski definition) is 5. The molecule has 0 aromatic carbocycles. The maximum atomic E-state index is 12.0. The van der Waals surface area contributed by atoms with E-state index in [4.69, 9.17) is 0 Å². The van der Waals surface area contributed by atoms with Crippen molar-refractivity contribution in [2.24, 2.45) is 0 Å². The smallest absolute Gasteiger partial charge is 0.287 e. The quantitative estimate of drug-likeness (QED) is 0.627. The van der Waals surface area contributed by atoms with Crippen molar-refractivity contribution < 1.29 is 9.72 Å². The SMILES string of the molecule is CCC(=O)N1[C@H](C)CN(c2ccc([N+](=O)[O-])cn2)C[C@@H]1C. The van der Waals surface area contributed by atoms with Crippen molar-refractivity contribution in [3.8, 4) is 0 Å². The van der Waals surface area contributed by atoms with Crippen LogP contribution in [0.15, 0.2) is 18.3 Å². The van der Waals surface area contributed by atoms with Crippen LogP contribution in [0.4, 0.5) is 11.5 Å². The van der Waals surface area contributed by atoms with E-state index in [1.54, 1.807) is 6.07 Å². The van der Waals surface area contributed by atoms with Crippen LogP contribution in [0.5, 0.6) is 0 Å². The molecule has 7 heteroatoms. The molecule has 0 radical (unpaired) electrons. The fourth-order valence-electron chi connectivity index (χ4n) is 2.86. The Balaban J connectivity index is 2.13. The third-order valence-electron chi connectivity index (χ3n) is 3.78. The zero-order valence-electron chi connectivity index (χ0n) is 12.5. The molecule has 0 N–H and O–H groups in total. The van der Waals surface area contributed by atoms with Crippen LogP contribution >= 0.6 is 0 Å². The van der Waals surface area contributed by atoms with Crippen molar-refractivity contribution in [2.75, 3.05) is 18.0 Å². The van der Waals surface area contributed by atoms with Gasteiger partial charge in [-0.3, -0.25) is 14.9 Å². The number of carbonyl (C=O) groups is 1. The summed E-state index contributed by atoms with van der Waals surface area (Å²) in [4.78, 5) is 30.3. The maximum absolute atomic E-state index is 12.0. The molecule has 0 unspecified atom stereocenters. The normalized spacial score (nSPS) is 22.2. The van der Waals surface area contributed by atoms with Gasteiger partial charge < -0.3 is 9.80 Å². The summed E-state index contributed by atoms with van der Waals surface area (Å²) >= 11 is 0. The molecule has 0 spiro atoms. The number of hydrogen-bond donors (Lipinski definition) is 0. The molecular formula is C14H20N4O3. The molecule has 1 aliphatic rings. The van der Waals surface area contributed by atoms with Gasteiger partial charge in [-0.15, -0.1) is 0 Å². The largest absolute Gasteiger partial charge is 0.353 e. The van der Waals surface area contributed by atoms with Crippen molar-refractivity contribution in [1.29, 1.82) is 0 Å². The highest BCUT2D eigenvalue weighted by atomic mass is 16.6. The van der Waals surface area contributed by atoms with Crippen molar-refractivity contribution in [2.45, 2.75) is 39.3 Å². The van der Waals surface area contributed by atoms with Gasteiger partial charge in [0.1, 0.15) is 12.0 Å². The Morgan fingerprint density at radius 1 is 1.38 bits per heavy atom. The first-order chi connectivity index (χ1) is 9.93. The third kappa shape index (κ3) is 3.12. The van der Waals surface area contributed by atoms with Crippen molar-refractivity contribution in [1.82, 2.24) is 9.88 Å². The molecule has 0 bridgehead atoms. The van der Waals surface area contributed by atoms with Gasteiger partial charge in [0, 0.05) is 37.7 Å². The maximum Gasteiger partial charge on any atom is 0.287 e. The molecule has 1 aromatic heterocycles. The number of piperazine rings is 1. The van der Waals surface area contributed by atoms with Gasteiger partial charge in [0.05, 0.1) is 4.92 Å². The van der Waals surface area contributed by atoms with Crippen LogP contribution in [0.25, 0.3) is 0 Å². The Labute approximate surface area is 123 Å². The number of rotatable bonds is 3. The lowest BCUT2D eigenvalue weighted by molar-refractivity contribution is -0.385. The summed E-state index contributed by atoms with van der Waals surface area (Å²) in [5.74, 6) is 0.870. The number of amides is 1. The van der Waals surface area contributed by atoms with Crippen LogP contribution in [-0.4, -0.2) is 45.9 Å². The molecule has 0 aliphatic carbocycles. The number of nitrogens with zero attached hydrogens (tertiary/aromatic N) is 4. The van der Waals surface area contributed by atoms with Crippen molar-refractivity contribution in [3.05, 3.63) is 28.4 Å². The molecule has 114 valence electrons. The van der Waals surface area contributed by atoms with Crippen LogP contribution in [0.2, 0.25) is 0 Å². The molecule has 2 heterocycles. The lowest BCUT2D eigenvalue weighted by Gasteiger charge is -2.44. The Bertz CT molecular complexity index is 520. The van der Waals surface area contributed by atoms with Crippen LogP contribution in [0.3, 0.4) is 0 Å². The van der Waals surface area contributed by atoms with E-state index in [0.717, 1.165) is 0 Å². The first-order valence-corrected chi connectivity index (χ1v) is 7.10. The van der Waals surface area contributed by atoms with Crippen molar-refractivity contribution >= 4 is 17.4 Å². The minimum absolute atomic E-state index is 0.0142. The highest BCUT2D eigenvalue weighted by Crippen LogP contribution is 2.22. The molecule has 1 amide bonds. The topological polar surface area (TPSA) is 79.6 Å². The summed E-state index contributed by atoms with van der Waals surface area (Å²) in [5.41, 5.74) is -0.0142. The van der Waals surface area contributed by atoms with Crippen LogP contribution in [0.1, 0.15) is 27.2 Å². The highest BCUT2D eigenvalue weighted by molar-refractivity contribution is 5.77. The molecule has 21 heavy (non-hydrogen) atoms. The predicted molar refractivity (Wildman–Crippen MR) is 79.2 cm³/mol. The van der Waals surface area contributed by atoms with Gasteiger partial charge in [-0.05, 0) is 19.9 Å². The van der Waals surface area contributed by atoms with Gasteiger partial charge in [-0.2, -0.15) is 0 Å².